The third-order valence-corrected chi connectivity index (χ3v) is 3.44. The van der Waals surface area contributed by atoms with Crippen LogP contribution >= 0.6 is 12.2 Å². The summed E-state index contributed by atoms with van der Waals surface area (Å²) in [6.07, 6.45) is 1.97. The topological polar surface area (TPSA) is 42.5 Å². The number of thiocarbonyl (C=S) groups is 1. The standard InChI is InChI=1S/C18H22N2O2S/c1-21-17-11-7-8-15(14-17)20-18(23)19-12-5-6-13-22-16-9-3-2-4-10-16/h2-4,7-11,14H,5-6,12-13H2,1H3,(H2,19,20,23). The molecule has 4 nitrogen and oxygen atoms in total. The molecular formula is C18H22N2O2S. The highest BCUT2D eigenvalue weighted by Crippen LogP contribution is 2.16. The van der Waals surface area contributed by atoms with Crippen molar-refractivity contribution in [2.45, 2.75) is 12.8 Å². The van der Waals surface area contributed by atoms with E-state index >= 15 is 0 Å². The van der Waals surface area contributed by atoms with E-state index in [1.165, 1.54) is 0 Å². The van der Waals surface area contributed by atoms with Crippen LogP contribution in [-0.4, -0.2) is 25.4 Å². The lowest BCUT2D eigenvalue weighted by Crippen LogP contribution is -2.29. The van der Waals surface area contributed by atoms with E-state index in [0.29, 0.717) is 11.7 Å². The van der Waals surface area contributed by atoms with Gasteiger partial charge < -0.3 is 20.1 Å². The van der Waals surface area contributed by atoms with E-state index in [2.05, 4.69) is 10.6 Å². The fourth-order valence-electron chi connectivity index (χ4n) is 2.01. The lowest BCUT2D eigenvalue weighted by Gasteiger charge is -2.11. The van der Waals surface area contributed by atoms with Crippen LogP contribution in [0, 0.1) is 0 Å². The van der Waals surface area contributed by atoms with Crippen LogP contribution in [0.2, 0.25) is 0 Å². The predicted molar refractivity (Wildman–Crippen MR) is 98.4 cm³/mol. The number of unbranched alkanes of at least 4 members (excludes halogenated alkanes) is 1. The molecule has 0 fully saturated rings. The zero-order valence-electron chi connectivity index (χ0n) is 13.2. The Morgan fingerprint density at radius 1 is 1.00 bits per heavy atom. The summed E-state index contributed by atoms with van der Waals surface area (Å²) in [5, 5.41) is 6.95. The molecule has 2 N–H and O–H groups in total. The maximum absolute atomic E-state index is 5.64. The highest BCUT2D eigenvalue weighted by Gasteiger charge is 1.99. The first-order valence-electron chi connectivity index (χ1n) is 7.64. The van der Waals surface area contributed by atoms with Crippen LogP contribution in [0.15, 0.2) is 54.6 Å². The first-order valence-corrected chi connectivity index (χ1v) is 8.05. The summed E-state index contributed by atoms with van der Waals surface area (Å²) in [6, 6.07) is 17.5. The maximum atomic E-state index is 5.64. The van der Waals surface area contributed by atoms with Gasteiger partial charge in [0.1, 0.15) is 11.5 Å². The number of nitrogens with one attached hydrogen (secondary N) is 2. The van der Waals surface area contributed by atoms with Gasteiger partial charge in [-0.05, 0) is 49.3 Å². The van der Waals surface area contributed by atoms with Crippen LogP contribution in [0.1, 0.15) is 12.8 Å². The Balaban J connectivity index is 1.58. The van der Waals surface area contributed by atoms with Gasteiger partial charge in [0, 0.05) is 18.3 Å². The zero-order valence-corrected chi connectivity index (χ0v) is 14.1. The molecule has 23 heavy (non-hydrogen) atoms. The summed E-state index contributed by atoms with van der Waals surface area (Å²) in [5.41, 5.74) is 0.911. The van der Waals surface area contributed by atoms with Gasteiger partial charge in [-0.3, -0.25) is 0 Å². The minimum Gasteiger partial charge on any atom is -0.497 e. The Bertz CT molecular complexity index is 605. The molecule has 0 saturated heterocycles. The van der Waals surface area contributed by atoms with Gasteiger partial charge in [0.15, 0.2) is 5.11 Å². The van der Waals surface area contributed by atoms with Crippen LogP contribution in [0.25, 0.3) is 0 Å². The maximum Gasteiger partial charge on any atom is 0.170 e. The van der Waals surface area contributed by atoms with Gasteiger partial charge in [-0.2, -0.15) is 0 Å². The van der Waals surface area contributed by atoms with Gasteiger partial charge in [-0.1, -0.05) is 24.3 Å². The highest BCUT2D eigenvalue weighted by molar-refractivity contribution is 7.80. The van der Waals surface area contributed by atoms with E-state index in [1.54, 1.807) is 7.11 Å². The van der Waals surface area contributed by atoms with Crippen molar-refractivity contribution in [3.63, 3.8) is 0 Å². The highest BCUT2D eigenvalue weighted by atomic mass is 32.1. The molecule has 0 aliphatic carbocycles. The molecule has 5 heteroatoms. The molecule has 0 radical (unpaired) electrons. The van der Waals surface area contributed by atoms with Crippen molar-refractivity contribution >= 4 is 23.0 Å². The third kappa shape index (κ3) is 6.57. The van der Waals surface area contributed by atoms with Gasteiger partial charge >= 0.3 is 0 Å². The predicted octanol–water partition coefficient (Wildman–Crippen LogP) is 3.84. The van der Waals surface area contributed by atoms with Crippen molar-refractivity contribution < 1.29 is 9.47 Å². The smallest absolute Gasteiger partial charge is 0.170 e. The lowest BCUT2D eigenvalue weighted by molar-refractivity contribution is 0.307. The van der Waals surface area contributed by atoms with E-state index in [9.17, 15) is 0 Å². The van der Waals surface area contributed by atoms with Crippen molar-refractivity contribution in [3.8, 4) is 11.5 Å². The van der Waals surface area contributed by atoms with Gasteiger partial charge in [0.25, 0.3) is 0 Å². The van der Waals surface area contributed by atoms with Gasteiger partial charge in [0.2, 0.25) is 0 Å². The number of hydrogen-bond acceptors (Lipinski definition) is 3. The second-order valence-corrected chi connectivity index (χ2v) is 5.39. The average molecular weight is 330 g/mol. The SMILES string of the molecule is COc1cccc(NC(=S)NCCCCOc2ccccc2)c1. The Labute approximate surface area is 142 Å². The molecule has 0 bridgehead atoms. The van der Waals surface area contributed by atoms with Crippen LogP contribution in [0.3, 0.4) is 0 Å². The van der Waals surface area contributed by atoms with E-state index in [1.807, 2.05) is 54.6 Å². The number of benzene rings is 2. The van der Waals surface area contributed by atoms with E-state index in [-0.39, 0.29) is 0 Å². The minimum absolute atomic E-state index is 0.613. The average Bonchev–Trinajstić information content (AvgIpc) is 2.59. The van der Waals surface area contributed by atoms with Gasteiger partial charge in [-0.15, -0.1) is 0 Å². The molecule has 0 unspecified atom stereocenters. The van der Waals surface area contributed by atoms with Crippen molar-refractivity contribution in [3.05, 3.63) is 54.6 Å². The summed E-state index contributed by atoms with van der Waals surface area (Å²) in [7, 11) is 1.65. The summed E-state index contributed by atoms with van der Waals surface area (Å²) in [6.45, 7) is 1.52. The summed E-state index contributed by atoms with van der Waals surface area (Å²) in [4.78, 5) is 0. The molecular weight excluding hydrogens is 308 g/mol. The Hall–Kier alpha value is -2.27. The molecule has 0 saturated carbocycles. The Kier molecular flexibility index (Phi) is 7.20. The van der Waals surface area contributed by atoms with Gasteiger partial charge in [0.05, 0.1) is 13.7 Å². The molecule has 0 aliphatic heterocycles. The molecule has 2 rings (SSSR count). The molecule has 122 valence electrons. The lowest BCUT2D eigenvalue weighted by atomic mass is 10.3. The fourth-order valence-corrected chi connectivity index (χ4v) is 2.23. The first kappa shape index (κ1) is 17.1. The molecule has 0 amide bonds. The zero-order chi connectivity index (χ0) is 16.3. The first-order chi connectivity index (χ1) is 11.3. The second kappa shape index (κ2) is 9.69. The molecule has 0 spiro atoms. The number of ether oxygens (including phenoxy) is 2. The quantitative estimate of drug-likeness (QED) is 0.569. The van der Waals surface area contributed by atoms with Crippen LogP contribution in [0.5, 0.6) is 11.5 Å². The van der Waals surface area contributed by atoms with Gasteiger partial charge in [-0.25, -0.2) is 0 Å². The van der Waals surface area contributed by atoms with E-state index in [0.717, 1.165) is 36.6 Å². The van der Waals surface area contributed by atoms with E-state index < -0.39 is 0 Å². The van der Waals surface area contributed by atoms with Crippen molar-refractivity contribution in [1.29, 1.82) is 0 Å². The summed E-state index contributed by atoms with van der Waals surface area (Å²) < 4.78 is 10.8. The summed E-state index contributed by atoms with van der Waals surface area (Å²) in [5.74, 6) is 1.71. The fraction of sp³-hybridized carbons (Fsp3) is 0.278. The monoisotopic (exact) mass is 330 g/mol. The van der Waals surface area contributed by atoms with Crippen LogP contribution in [-0.2, 0) is 0 Å². The number of para-hydroxylation sites is 1. The number of hydrogen-bond donors (Lipinski definition) is 2. The molecule has 2 aromatic rings. The largest absolute Gasteiger partial charge is 0.497 e. The third-order valence-electron chi connectivity index (χ3n) is 3.20. The van der Waals surface area contributed by atoms with Crippen molar-refractivity contribution in [2.24, 2.45) is 0 Å². The molecule has 2 aromatic carbocycles. The molecule has 0 atom stereocenters. The molecule has 0 heterocycles. The second-order valence-electron chi connectivity index (χ2n) is 4.98. The van der Waals surface area contributed by atoms with Crippen LogP contribution in [0.4, 0.5) is 5.69 Å². The molecule has 0 aromatic heterocycles. The van der Waals surface area contributed by atoms with Crippen LogP contribution < -0.4 is 20.1 Å². The number of anilines is 1. The Morgan fingerprint density at radius 3 is 2.57 bits per heavy atom. The number of rotatable bonds is 8. The summed E-state index contributed by atoms with van der Waals surface area (Å²) >= 11 is 5.28. The minimum atomic E-state index is 0.613. The van der Waals surface area contributed by atoms with E-state index in [4.69, 9.17) is 21.7 Å². The van der Waals surface area contributed by atoms with Crippen molar-refractivity contribution in [1.82, 2.24) is 5.32 Å². The van der Waals surface area contributed by atoms with Crippen molar-refractivity contribution in [2.75, 3.05) is 25.6 Å². The molecule has 0 aliphatic rings. The normalized spacial score (nSPS) is 9.96. The Morgan fingerprint density at radius 2 is 1.78 bits per heavy atom. The number of methoxy groups -OCH3 is 1.